The monoisotopic (exact) mass is 472 g/mol. The molecule has 1 aliphatic carbocycles. The van der Waals surface area contributed by atoms with Crippen molar-refractivity contribution in [2.24, 2.45) is 0 Å². The van der Waals surface area contributed by atoms with Crippen molar-refractivity contribution in [2.75, 3.05) is 0 Å². The Kier molecular flexibility index (Phi) is 8.66. The minimum absolute atomic E-state index is 0.121. The number of hydrogen-bond donors (Lipinski definition) is 1. The van der Waals surface area contributed by atoms with Gasteiger partial charge in [-0.25, -0.2) is 4.39 Å². The second-order valence-electron chi connectivity index (χ2n) is 9.36. The lowest BCUT2D eigenvalue weighted by Crippen LogP contribution is -2.53. The molecule has 182 valence electrons. The molecular formula is C30H33FN2O2. The lowest BCUT2D eigenvalue weighted by Gasteiger charge is -2.33. The third-order valence-corrected chi connectivity index (χ3v) is 6.69. The van der Waals surface area contributed by atoms with Crippen molar-refractivity contribution >= 4 is 11.8 Å². The Balaban J connectivity index is 1.63. The van der Waals surface area contributed by atoms with Crippen LogP contribution in [0, 0.1) is 5.82 Å². The predicted octanol–water partition coefficient (Wildman–Crippen LogP) is 5.46. The molecule has 4 rings (SSSR count). The van der Waals surface area contributed by atoms with Gasteiger partial charge in [0.25, 0.3) is 0 Å². The first-order valence-electron chi connectivity index (χ1n) is 12.5. The molecule has 3 aromatic carbocycles. The maximum Gasteiger partial charge on any atom is 0.243 e. The highest BCUT2D eigenvalue weighted by Gasteiger charge is 2.31. The first-order chi connectivity index (χ1) is 17.1. The fourth-order valence-electron chi connectivity index (χ4n) is 4.76. The Morgan fingerprint density at radius 1 is 0.800 bits per heavy atom. The second-order valence-corrected chi connectivity index (χ2v) is 9.36. The SMILES string of the molecule is O=C(NC1CCCCC1)[C@@H](Cc1ccccc1)N(Cc1ccc(F)cc1)C(=O)Cc1ccccc1. The van der Waals surface area contributed by atoms with Crippen molar-refractivity contribution in [3.63, 3.8) is 0 Å². The number of benzene rings is 3. The van der Waals surface area contributed by atoms with E-state index in [-0.39, 0.29) is 36.6 Å². The van der Waals surface area contributed by atoms with Crippen LogP contribution < -0.4 is 5.32 Å². The molecule has 2 amide bonds. The first kappa shape index (κ1) is 24.6. The number of rotatable bonds is 9. The Morgan fingerprint density at radius 2 is 1.40 bits per heavy atom. The van der Waals surface area contributed by atoms with E-state index < -0.39 is 6.04 Å². The predicted molar refractivity (Wildman–Crippen MR) is 136 cm³/mol. The Labute approximate surface area is 207 Å². The zero-order chi connectivity index (χ0) is 24.5. The summed E-state index contributed by atoms with van der Waals surface area (Å²) in [6.45, 7) is 0.238. The third kappa shape index (κ3) is 7.25. The summed E-state index contributed by atoms with van der Waals surface area (Å²) in [4.78, 5) is 29.0. The van der Waals surface area contributed by atoms with E-state index in [9.17, 15) is 14.0 Å². The first-order valence-corrected chi connectivity index (χ1v) is 12.5. The van der Waals surface area contributed by atoms with Gasteiger partial charge in [-0.1, -0.05) is 92.1 Å². The minimum atomic E-state index is -0.666. The van der Waals surface area contributed by atoms with Gasteiger partial charge >= 0.3 is 0 Å². The van der Waals surface area contributed by atoms with Crippen LogP contribution in [0.15, 0.2) is 84.9 Å². The highest BCUT2D eigenvalue weighted by Crippen LogP contribution is 2.20. The summed E-state index contributed by atoms with van der Waals surface area (Å²) >= 11 is 0. The maximum atomic E-state index is 13.7. The molecule has 0 heterocycles. The van der Waals surface area contributed by atoms with E-state index in [1.54, 1.807) is 17.0 Å². The van der Waals surface area contributed by atoms with Crippen LogP contribution in [0.5, 0.6) is 0 Å². The molecule has 0 unspecified atom stereocenters. The Hall–Kier alpha value is -3.47. The lowest BCUT2D eigenvalue weighted by atomic mass is 9.94. The second kappa shape index (κ2) is 12.3. The van der Waals surface area contributed by atoms with Crippen LogP contribution in [-0.4, -0.2) is 28.8 Å². The molecule has 5 heteroatoms. The molecule has 0 radical (unpaired) electrons. The van der Waals surface area contributed by atoms with Gasteiger partial charge in [0.2, 0.25) is 11.8 Å². The molecule has 1 N–H and O–H groups in total. The third-order valence-electron chi connectivity index (χ3n) is 6.69. The van der Waals surface area contributed by atoms with Gasteiger partial charge in [0.1, 0.15) is 11.9 Å². The number of halogens is 1. The van der Waals surface area contributed by atoms with Crippen LogP contribution in [-0.2, 0) is 29.0 Å². The van der Waals surface area contributed by atoms with Crippen molar-refractivity contribution in [2.45, 2.75) is 63.6 Å². The number of hydrogen-bond acceptors (Lipinski definition) is 2. The highest BCUT2D eigenvalue weighted by atomic mass is 19.1. The van der Waals surface area contributed by atoms with Crippen LogP contribution in [0.1, 0.15) is 48.8 Å². The van der Waals surface area contributed by atoms with E-state index in [0.29, 0.717) is 6.42 Å². The summed E-state index contributed by atoms with van der Waals surface area (Å²) in [6, 6.07) is 25.0. The lowest BCUT2D eigenvalue weighted by molar-refractivity contribution is -0.141. The molecule has 4 nitrogen and oxygen atoms in total. The Bertz CT molecular complexity index is 1080. The van der Waals surface area contributed by atoms with E-state index in [2.05, 4.69) is 5.32 Å². The number of nitrogens with zero attached hydrogens (tertiary/aromatic N) is 1. The normalized spacial score (nSPS) is 14.8. The molecule has 3 aromatic rings. The van der Waals surface area contributed by atoms with Gasteiger partial charge in [-0.15, -0.1) is 0 Å². The molecule has 0 bridgehead atoms. The van der Waals surface area contributed by atoms with E-state index in [0.717, 1.165) is 42.4 Å². The molecule has 0 spiro atoms. The van der Waals surface area contributed by atoms with Crippen molar-refractivity contribution in [1.82, 2.24) is 10.2 Å². The summed E-state index contributed by atoms with van der Waals surface area (Å²) in [5.41, 5.74) is 2.68. The van der Waals surface area contributed by atoms with Gasteiger partial charge in [-0.3, -0.25) is 9.59 Å². The summed E-state index contributed by atoms with van der Waals surface area (Å²) in [5, 5.41) is 3.24. The average molecular weight is 473 g/mol. The molecule has 0 aromatic heterocycles. The van der Waals surface area contributed by atoms with Crippen molar-refractivity contribution < 1.29 is 14.0 Å². The van der Waals surface area contributed by atoms with Crippen molar-refractivity contribution in [3.8, 4) is 0 Å². The minimum Gasteiger partial charge on any atom is -0.352 e. The number of amides is 2. The van der Waals surface area contributed by atoms with Crippen LogP contribution in [0.2, 0.25) is 0 Å². The molecule has 1 saturated carbocycles. The molecule has 35 heavy (non-hydrogen) atoms. The van der Waals surface area contributed by atoms with E-state index in [4.69, 9.17) is 0 Å². The highest BCUT2D eigenvalue weighted by molar-refractivity contribution is 5.89. The largest absolute Gasteiger partial charge is 0.352 e. The fraction of sp³-hybridized carbons (Fsp3) is 0.333. The number of carbonyl (C=O) groups excluding carboxylic acids is 2. The fourth-order valence-corrected chi connectivity index (χ4v) is 4.76. The van der Waals surface area contributed by atoms with Crippen molar-refractivity contribution in [1.29, 1.82) is 0 Å². The van der Waals surface area contributed by atoms with Gasteiger partial charge in [0.05, 0.1) is 6.42 Å². The zero-order valence-electron chi connectivity index (χ0n) is 20.0. The van der Waals surface area contributed by atoms with E-state index in [1.807, 2.05) is 60.7 Å². The van der Waals surface area contributed by atoms with Gasteiger partial charge in [0, 0.05) is 19.0 Å². The average Bonchev–Trinajstić information content (AvgIpc) is 2.89. The Morgan fingerprint density at radius 3 is 2.03 bits per heavy atom. The summed E-state index contributed by atoms with van der Waals surface area (Å²) in [6.07, 6.45) is 5.98. The van der Waals surface area contributed by atoms with Crippen molar-refractivity contribution in [3.05, 3.63) is 107 Å². The van der Waals surface area contributed by atoms with Crippen LogP contribution in [0.4, 0.5) is 4.39 Å². The number of carbonyl (C=O) groups is 2. The number of nitrogens with one attached hydrogen (secondary N) is 1. The zero-order valence-corrected chi connectivity index (χ0v) is 20.0. The quantitative estimate of drug-likeness (QED) is 0.450. The molecule has 1 fully saturated rings. The standard InChI is InChI=1S/C30H33FN2O2/c31-26-18-16-25(17-19-26)22-33(29(34)21-24-12-6-2-7-13-24)28(20-23-10-4-1-5-11-23)30(35)32-27-14-8-3-9-15-27/h1-2,4-7,10-13,16-19,27-28H,3,8-9,14-15,20-22H2,(H,32,35)/t28-/m1/s1. The molecule has 0 aliphatic heterocycles. The van der Waals surface area contributed by atoms with E-state index >= 15 is 0 Å². The summed E-state index contributed by atoms with van der Waals surface area (Å²) in [5.74, 6) is -0.573. The summed E-state index contributed by atoms with van der Waals surface area (Å²) < 4.78 is 13.6. The summed E-state index contributed by atoms with van der Waals surface area (Å²) in [7, 11) is 0. The van der Waals surface area contributed by atoms with Gasteiger partial charge < -0.3 is 10.2 Å². The van der Waals surface area contributed by atoms with E-state index in [1.165, 1.54) is 18.6 Å². The van der Waals surface area contributed by atoms with Gasteiger partial charge in [-0.2, -0.15) is 0 Å². The molecular weight excluding hydrogens is 439 g/mol. The maximum absolute atomic E-state index is 13.7. The molecule has 1 atom stereocenters. The van der Waals surface area contributed by atoms with Crippen LogP contribution in [0.25, 0.3) is 0 Å². The van der Waals surface area contributed by atoms with Crippen LogP contribution in [0.3, 0.4) is 0 Å². The molecule has 0 saturated heterocycles. The topological polar surface area (TPSA) is 49.4 Å². The van der Waals surface area contributed by atoms with Gasteiger partial charge in [-0.05, 0) is 41.7 Å². The molecule has 1 aliphatic rings. The van der Waals surface area contributed by atoms with Crippen LogP contribution >= 0.6 is 0 Å². The smallest absolute Gasteiger partial charge is 0.243 e. The van der Waals surface area contributed by atoms with Gasteiger partial charge in [0.15, 0.2) is 0 Å².